The van der Waals surface area contributed by atoms with E-state index in [-0.39, 0.29) is 36.8 Å². The average molecular weight is 314 g/mol. The van der Waals surface area contributed by atoms with Gasteiger partial charge in [0.15, 0.2) is 0 Å². The molecule has 0 bridgehead atoms. The SMILES string of the molecule is CCC(C)CC(F)(F)C[C@H](C)COc1ccc(C(=O)O)cc1. The van der Waals surface area contributed by atoms with E-state index in [2.05, 4.69) is 0 Å². The number of hydrogen-bond acceptors (Lipinski definition) is 2. The van der Waals surface area contributed by atoms with Gasteiger partial charge in [0, 0.05) is 12.8 Å². The van der Waals surface area contributed by atoms with Gasteiger partial charge in [0.25, 0.3) is 0 Å². The molecule has 0 fully saturated rings. The molecule has 0 heterocycles. The first-order valence-electron chi connectivity index (χ1n) is 7.57. The molecule has 3 nitrogen and oxygen atoms in total. The number of alkyl halides is 2. The minimum Gasteiger partial charge on any atom is -0.493 e. The molecule has 0 aromatic heterocycles. The van der Waals surface area contributed by atoms with Crippen LogP contribution in [0.2, 0.25) is 0 Å². The summed E-state index contributed by atoms with van der Waals surface area (Å²) in [5.41, 5.74) is 0.167. The van der Waals surface area contributed by atoms with Gasteiger partial charge >= 0.3 is 5.97 Å². The first-order valence-corrected chi connectivity index (χ1v) is 7.57. The smallest absolute Gasteiger partial charge is 0.335 e. The third-order valence-corrected chi connectivity index (χ3v) is 3.63. The molecule has 0 radical (unpaired) electrons. The second kappa shape index (κ2) is 8.11. The van der Waals surface area contributed by atoms with E-state index in [4.69, 9.17) is 9.84 Å². The van der Waals surface area contributed by atoms with Crippen molar-refractivity contribution in [3.05, 3.63) is 29.8 Å². The van der Waals surface area contributed by atoms with Crippen LogP contribution in [0, 0.1) is 11.8 Å². The quantitative estimate of drug-likeness (QED) is 0.708. The van der Waals surface area contributed by atoms with Crippen LogP contribution in [0.3, 0.4) is 0 Å². The zero-order valence-corrected chi connectivity index (χ0v) is 13.3. The summed E-state index contributed by atoms with van der Waals surface area (Å²) in [6, 6.07) is 5.93. The minimum absolute atomic E-state index is 0.00619. The molecule has 1 N–H and O–H groups in total. The Kier molecular flexibility index (Phi) is 6.78. The third-order valence-electron chi connectivity index (χ3n) is 3.63. The molecule has 0 aliphatic carbocycles. The van der Waals surface area contributed by atoms with Crippen LogP contribution in [0.1, 0.15) is 50.4 Å². The van der Waals surface area contributed by atoms with E-state index in [1.165, 1.54) is 24.3 Å². The van der Waals surface area contributed by atoms with E-state index >= 15 is 0 Å². The highest BCUT2D eigenvalue weighted by atomic mass is 19.3. The molecule has 0 spiro atoms. The molecule has 1 aromatic rings. The van der Waals surface area contributed by atoms with Crippen LogP contribution in [-0.2, 0) is 0 Å². The number of carboxylic acid groups (broad SMARTS) is 1. The maximum absolute atomic E-state index is 13.9. The molecule has 1 aromatic carbocycles. The number of benzene rings is 1. The van der Waals surface area contributed by atoms with Crippen LogP contribution in [-0.4, -0.2) is 23.6 Å². The van der Waals surface area contributed by atoms with Crippen LogP contribution < -0.4 is 4.74 Å². The predicted octanol–water partition coefficient (Wildman–Crippen LogP) is 4.86. The maximum atomic E-state index is 13.9. The average Bonchev–Trinajstić information content (AvgIpc) is 2.44. The van der Waals surface area contributed by atoms with Crippen molar-refractivity contribution in [3.63, 3.8) is 0 Å². The normalized spacial score (nSPS) is 14.4. The van der Waals surface area contributed by atoms with Crippen molar-refractivity contribution in [1.82, 2.24) is 0 Å². The van der Waals surface area contributed by atoms with E-state index < -0.39 is 11.9 Å². The van der Waals surface area contributed by atoms with Crippen LogP contribution in [0.15, 0.2) is 24.3 Å². The van der Waals surface area contributed by atoms with Crippen LogP contribution in [0.4, 0.5) is 8.78 Å². The van der Waals surface area contributed by atoms with Gasteiger partial charge in [-0.25, -0.2) is 13.6 Å². The summed E-state index contributed by atoms with van der Waals surface area (Å²) in [5, 5.41) is 8.79. The Balaban J connectivity index is 2.45. The Morgan fingerprint density at radius 3 is 2.23 bits per heavy atom. The number of carbonyl (C=O) groups is 1. The molecule has 0 aliphatic rings. The summed E-state index contributed by atoms with van der Waals surface area (Å²) in [6.07, 6.45) is 0.447. The molecule has 1 rings (SSSR count). The Hall–Kier alpha value is -1.65. The van der Waals surface area contributed by atoms with Crippen molar-refractivity contribution in [2.24, 2.45) is 11.8 Å². The number of hydrogen-bond donors (Lipinski definition) is 1. The van der Waals surface area contributed by atoms with E-state index in [1.807, 2.05) is 13.8 Å². The molecule has 0 saturated heterocycles. The zero-order valence-electron chi connectivity index (χ0n) is 13.3. The highest BCUT2D eigenvalue weighted by Gasteiger charge is 2.32. The fourth-order valence-electron chi connectivity index (χ4n) is 2.24. The Morgan fingerprint density at radius 1 is 1.18 bits per heavy atom. The highest BCUT2D eigenvalue weighted by Crippen LogP contribution is 2.31. The summed E-state index contributed by atoms with van der Waals surface area (Å²) in [5.74, 6) is -3.47. The molecule has 0 amide bonds. The first kappa shape index (κ1) is 18.4. The topological polar surface area (TPSA) is 46.5 Å². The fraction of sp³-hybridized carbons (Fsp3) is 0.588. The van der Waals surface area contributed by atoms with Crippen LogP contribution in [0.5, 0.6) is 5.75 Å². The standard InChI is InChI=1S/C17H24F2O3/c1-4-12(2)9-17(18,19)10-13(3)11-22-15-7-5-14(6-8-15)16(20)21/h5-8,12-13H,4,9-11H2,1-3H3,(H,20,21)/t12?,13-/m0/s1. The molecular formula is C17H24F2O3. The van der Waals surface area contributed by atoms with Crippen molar-refractivity contribution in [1.29, 1.82) is 0 Å². The van der Waals surface area contributed by atoms with Crippen molar-refractivity contribution in [3.8, 4) is 5.75 Å². The summed E-state index contributed by atoms with van der Waals surface area (Å²) in [7, 11) is 0. The highest BCUT2D eigenvalue weighted by molar-refractivity contribution is 5.87. The monoisotopic (exact) mass is 314 g/mol. The number of rotatable bonds is 9. The molecule has 124 valence electrons. The van der Waals surface area contributed by atoms with Gasteiger partial charge in [-0.15, -0.1) is 0 Å². The lowest BCUT2D eigenvalue weighted by atomic mass is 9.94. The number of aromatic carboxylic acids is 1. The Morgan fingerprint density at radius 2 is 1.73 bits per heavy atom. The van der Waals surface area contributed by atoms with Gasteiger partial charge in [0.2, 0.25) is 5.92 Å². The van der Waals surface area contributed by atoms with E-state index in [0.717, 1.165) is 6.42 Å². The lowest BCUT2D eigenvalue weighted by Gasteiger charge is -2.23. The van der Waals surface area contributed by atoms with Crippen molar-refractivity contribution >= 4 is 5.97 Å². The Bertz CT molecular complexity index is 471. The van der Waals surface area contributed by atoms with Gasteiger partial charge in [-0.1, -0.05) is 27.2 Å². The molecule has 2 atom stereocenters. The summed E-state index contributed by atoms with van der Waals surface area (Å²) >= 11 is 0. The van der Waals surface area contributed by atoms with Crippen molar-refractivity contribution in [2.75, 3.05) is 6.61 Å². The lowest BCUT2D eigenvalue weighted by molar-refractivity contribution is -0.0454. The molecular weight excluding hydrogens is 290 g/mol. The van der Waals surface area contributed by atoms with E-state index in [9.17, 15) is 13.6 Å². The Labute approximate surface area is 130 Å². The van der Waals surface area contributed by atoms with Gasteiger partial charge < -0.3 is 9.84 Å². The van der Waals surface area contributed by atoms with Gasteiger partial charge in [-0.05, 0) is 36.1 Å². The van der Waals surface area contributed by atoms with Gasteiger partial charge in [0.05, 0.1) is 12.2 Å². The van der Waals surface area contributed by atoms with Crippen LogP contribution >= 0.6 is 0 Å². The van der Waals surface area contributed by atoms with Gasteiger partial charge in [0.1, 0.15) is 5.75 Å². The molecule has 22 heavy (non-hydrogen) atoms. The number of carboxylic acids is 1. The van der Waals surface area contributed by atoms with Crippen molar-refractivity contribution < 1.29 is 23.4 Å². The third kappa shape index (κ3) is 6.41. The lowest BCUT2D eigenvalue weighted by Crippen LogP contribution is -2.25. The van der Waals surface area contributed by atoms with Gasteiger partial charge in [-0.2, -0.15) is 0 Å². The fourth-order valence-corrected chi connectivity index (χ4v) is 2.24. The summed E-state index contributed by atoms with van der Waals surface area (Å²) in [6.45, 7) is 5.66. The summed E-state index contributed by atoms with van der Waals surface area (Å²) in [4.78, 5) is 10.7. The molecule has 0 aliphatic heterocycles. The second-order valence-electron chi connectivity index (χ2n) is 6.02. The van der Waals surface area contributed by atoms with Crippen LogP contribution in [0.25, 0.3) is 0 Å². The second-order valence-corrected chi connectivity index (χ2v) is 6.02. The zero-order chi connectivity index (χ0) is 16.8. The molecule has 1 unspecified atom stereocenters. The first-order chi connectivity index (χ1) is 10.2. The number of ether oxygens (including phenoxy) is 1. The van der Waals surface area contributed by atoms with E-state index in [1.54, 1.807) is 6.92 Å². The van der Waals surface area contributed by atoms with Crippen molar-refractivity contribution in [2.45, 2.75) is 46.0 Å². The largest absolute Gasteiger partial charge is 0.493 e. The predicted molar refractivity (Wildman–Crippen MR) is 81.7 cm³/mol. The molecule has 5 heteroatoms. The maximum Gasteiger partial charge on any atom is 0.335 e. The number of halogens is 2. The molecule has 0 saturated carbocycles. The van der Waals surface area contributed by atoms with E-state index in [0.29, 0.717) is 5.75 Å². The minimum atomic E-state index is -2.68. The summed E-state index contributed by atoms with van der Waals surface area (Å²) < 4.78 is 33.2. The van der Waals surface area contributed by atoms with Gasteiger partial charge in [-0.3, -0.25) is 0 Å².